The van der Waals surface area contributed by atoms with Crippen molar-refractivity contribution in [2.45, 2.75) is 38.1 Å². The Hall–Kier alpha value is -1.18. The number of hydrogen-bond donors (Lipinski definition) is 3. The number of nitrogens with zero attached hydrogens (tertiary/aromatic N) is 1. The number of nitrogens with one attached hydrogen (secondary N) is 1. The van der Waals surface area contributed by atoms with Crippen LogP contribution in [-0.2, 0) is 11.2 Å². The third-order valence-electron chi connectivity index (χ3n) is 3.59. The fourth-order valence-corrected chi connectivity index (χ4v) is 3.33. The summed E-state index contributed by atoms with van der Waals surface area (Å²) < 4.78 is 0. The summed E-state index contributed by atoms with van der Waals surface area (Å²) in [4.78, 5) is 27.8. The molecule has 0 aromatic carbocycles. The first-order valence-corrected chi connectivity index (χ1v) is 7.74. The zero-order chi connectivity index (χ0) is 14.5. The van der Waals surface area contributed by atoms with E-state index in [0.29, 0.717) is 18.7 Å². The van der Waals surface area contributed by atoms with Gasteiger partial charge in [-0.15, -0.1) is 23.7 Å². The van der Waals surface area contributed by atoms with Gasteiger partial charge in [0.2, 0.25) is 5.91 Å². The summed E-state index contributed by atoms with van der Waals surface area (Å²) in [7, 11) is 0. The molecule has 8 heteroatoms. The molecular weight excluding hydrogens is 312 g/mol. The van der Waals surface area contributed by atoms with Crippen molar-refractivity contribution < 1.29 is 9.59 Å². The summed E-state index contributed by atoms with van der Waals surface area (Å²) in [5.74, 6) is -0.838. The Labute approximate surface area is 134 Å². The van der Waals surface area contributed by atoms with Gasteiger partial charge >= 0.3 is 0 Å². The molecule has 0 aliphatic heterocycles. The molecule has 2 amide bonds. The highest BCUT2D eigenvalue weighted by Gasteiger charge is 2.31. The van der Waals surface area contributed by atoms with Crippen molar-refractivity contribution in [2.75, 3.05) is 6.54 Å². The number of carbonyl (C=O) groups is 2. The van der Waals surface area contributed by atoms with Crippen LogP contribution in [0.3, 0.4) is 0 Å². The van der Waals surface area contributed by atoms with Gasteiger partial charge in [-0.25, -0.2) is 4.98 Å². The Morgan fingerprint density at radius 2 is 2.10 bits per heavy atom. The number of primary amides is 1. The van der Waals surface area contributed by atoms with Gasteiger partial charge in [0.1, 0.15) is 5.69 Å². The lowest BCUT2D eigenvalue weighted by atomic mass is 9.84. The third-order valence-corrected chi connectivity index (χ3v) is 4.50. The maximum absolute atomic E-state index is 12.1. The third kappa shape index (κ3) is 4.66. The number of amides is 2. The molecular formula is C13H21ClN4O2S. The molecule has 2 atom stereocenters. The molecule has 1 aromatic rings. The van der Waals surface area contributed by atoms with Gasteiger partial charge in [-0.1, -0.05) is 12.8 Å². The van der Waals surface area contributed by atoms with Crippen LogP contribution in [0.5, 0.6) is 0 Å². The van der Waals surface area contributed by atoms with Crippen molar-refractivity contribution in [1.29, 1.82) is 0 Å². The van der Waals surface area contributed by atoms with Gasteiger partial charge in [0.05, 0.1) is 10.9 Å². The highest BCUT2D eigenvalue weighted by Crippen LogP contribution is 2.24. The Balaban J connectivity index is 0.00000220. The Bertz CT molecular complexity index is 494. The van der Waals surface area contributed by atoms with Crippen molar-refractivity contribution in [3.8, 4) is 0 Å². The maximum atomic E-state index is 12.1. The molecule has 1 aliphatic carbocycles. The van der Waals surface area contributed by atoms with E-state index in [1.165, 1.54) is 11.3 Å². The van der Waals surface area contributed by atoms with Crippen LogP contribution in [0.25, 0.3) is 0 Å². The molecule has 118 valence electrons. The molecule has 0 bridgehead atoms. The van der Waals surface area contributed by atoms with E-state index in [2.05, 4.69) is 10.3 Å². The minimum absolute atomic E-state index is 0. The van der Waals surface area contributed by atoms with Crippen molar-refractivity contribution in [3.05, 3.63) is 16.1 Å². The molecule has 6 nitrogen and oxygen atoms in total. The van der Waals surface area contributed by atoms with Crippen LogP contribution < -0.4 is 16.8 Å². The lowest BCUT2D eigenvalue weighted by Crippen LogP contribution is -2.47. The van der Waals surface area contributed by atoms with Crippen LogP contribution >= 0.6 is 23.7 Å². The predicted molar refractivity (Wildman–Crippen MR) is 84.5 cm³/mol. The normalized spacial score (nSPS) is 21.4. The molecule has 1 fully saturated rings. The molecule has 0 spiro atoms. The summed E-state index contributed by atoms with van der Waals surface area (Å²) in [5.41, 5.74) is 11.3. The van der Waals surface area contributed by atoms with E-state index in [9.17, 15) is 9.59 Å². The highest BCUT2D eigenvalue weighted by atomic mass is 35.5. The number of thiazole rings is 1. The Morgan fingerprint density at radius 1 is 1.38 bits per heavy atom. The second-order valence-electron chi connectivity index (χ2n) is 5.04. The van der Waals surface area contributed by atoms with E-state index in [4.69, 9.17) is 11.5 Å². The topological polar surface area (TPSA) is 111 Å². The van der Waals surface area contributed by atoms with E-state index < -0.39 is 0 Å². The van der Waals surface area contributed by atoms with Crippen LogP contribution in [0, 0.1) is 5.92 Å². The summed E-state index contributed by atoms with van der Waals surface area (Å²) in [6.45, 7) is 0.515. The largest absolute Gasteiger partial charge is 0.369 e. The predicted octanol–water partition coefficient (Wildman–Crippen LogP) is 0.840. The number of aromatic nitrogens is 1. The molecule has 0 radical (unpaired) electrons. The lowest BCUT2D eigenvalue weighted by molar-refractivity contribution is -0.123. The second kappa shape index (κ2) is 8.31. The first kappa shape index (κ1) is 17.9. The lowest BCUT2D eigenvalue weighted by Gasteiger charge is -2.29. The Morgan fingerprint density at radius 3 is 2.76 bits per heavy atom. The SMILES string of the molecule is Cl.NCCc1nc(C(=O)NC2CCCCC2C(N)=O)cs1. The average Bonchev–Trinajstić information content (AvgIpc) is 2.88. The molecule has 2 rings (SSSR count). The first-order valence-electron chi connectivity index (χ1n) is 6.86. The average molecular weight is 333 g/mol. The van der Waals surface area contributed by atoms with E-state index in [-0.39, 0.29) is 36.2 Å². The molecule has 2 unspecified atom stereocenters. The van der Waals surface area contributed by atoms with Gasteiger partial charge in [-0.05, 0) is 19.4 Å². The molecule has 21 heavy (non-hydrogen) atoms. The molecule has 1 aromatic heterocycles. The van der Waals surface area contributed by atoms with Gasteiger partial charge in [-0.2, -0.15) is 0 Å². The van der Waals surface area contributed by atoms with Gasteiger partial charge in [0.15, 0.2) is 0 Å². The summed E-state index contributed by atoms with van der Waals surface area (Å²) >= 11 is 1.43. The molecule has 5 N–H and O–H groups in total. The van der Waals surface area contributed by atoms with E-state index in [1.807, 2.05) is 0 Å². The number of rotatable bonds is 5. The maximum Gasteiger partial charge on any atom is 0.271 e. The van der Waals surface area contributed by atoms with Gasteiger partial charge in [0, 0.05) is 17.8 Å². The Kier molecular flexibility index (Phi) is 7.07. The van der Waals surface area contributed by atoms with Gasteiger partial charge < -0.3 is 16.8 Å². The zero-order valence-electron chi connectivity index (χ0n) is 11.7. The van der Waals surface area contributed by atoms with E-state index in [0.717, 1.165) is 30.7 Å². The fraction of sp³-hybridized carbons (Fsp3) is 0.615. The standard InChI is InChI=1S/C13H20N4O2S.ClH/c14-6-5-11-16-10(7-20-11)13(19)17-9-4-2-1-3-8(9)12(15)18;/h7-9H,1-6,14H2,(H2,15,18)(H,17,19);1H. The molecule has 0 saturated heterocycles. The monoisotopic (exact) mass is 332 g/mol. The summed E-state index contributed by atoms with van der Waals surface area (Å²) in [6.07, 6.45) is 4.20. The number of nitrogens with two attached hydrogens (primary N) is 2. The minimum atomic E-state index is -0.336. The minimum Gasteiger partial charge on any atom is -0.369 e. The van der Waals surface area contributed by atoms with Gasteiger partial charge in [-0.3, -0.25) is 9.59 Å². The van der Waals surface area contributed by atoms with Crippen molar-refractivity contribution >= 4 is 35.6 Å². The van der Waals surface area contributed by atoms with Gasteiger partial charge in [0.25, 0.3) is 5.91 Å². The molecule has 1 saturated carbocycles. The number of hydrogen-bond acceptors (Lipinski definition) is 5. The number of carbonyl (C=O) groups excluding carboxylic acids is 2. The van der Waals surface area contributed by atoms with Crippen LogP contribution in [-0.4, -0.2) is 29.4 Å². The highest BCUT2D eigenvalue weighted by molar-refractivity contribution is 7.09. The summed E-state index contributed by atoms with van der Waals surface area (Å²) in [6, 6.07) is -0.173. The van der Waals surface area contributed by atoms with Crippen molar-refractivity contribution in [1.82, 2.24) is 10.3 Å². The van der Waals surface area contributed by atoms with E-state index in [1.54, 1.807) is 5.38 Å². The van der Waals surface area contributed by atoms with Crippen LogP contribution in [0.1, 0.15) is 41.2 Å². The van der Waals surface area contributed by atoms with Crippen LogP contribution in [0.2, 0.25) is 0 Å². The number of halogens is 1. The molecule has 1 heterocycles. The quantitative estimate of drug-likeness (QED) is 0.741. The smallest absolute Gasteiger partial charge is 0.271 e. The first-order chi connectivity index (χ1) is 9.61. The molecule has 1 aliphatic rings. The van der Waals surface area contributed by atoms with Crippen LogP contribution in [0.4, 0.5) is 0 Å². The summed E-state index contributed by atoms with van der Waals surface area (Å²) in [5, 5.41) is 5.47. The van der Waals surface area contributed by atoms with Crippen molar-refractivity contribution in [2.24, 2.45) is 17.4 Å². The second-order valence-corrected chi connectivity index (χ2v) is 5.98. The van der Waals surface area contributed by atoms with Crippen LogP contribution in [0.15, 0.2) is 5.38 Å². The fourth-order valence-electron chi connectivity index (χ4n) is 2.54. The van der Waals surface area contributed by atoms with E-state index >= 15 is 0 Å². The van der Waals surface area contributed by atoms with Crippen molar-refractivity contribution in [3.63, 3.8) is 0 Å². The zero-order valence-corrected chi connectivity index (χ0v) is 13.3.